The first-order valence-corrected chi connectivity index (χ1v) is 17.0. The minimum atomic E-state index is -0.864. The van der Waals surface area contributed by atoms with Crippen LogP contribution in [0.1, 0.15) is 58.7 Å². The second kappa shape index (κ2) is 14.5. The topological polar surface area (TPSA) is 87.7 Å². The number of nitrogens with zero attached hydrogens (tertiary/aromatic N) is 6. The highest BCUT2D eigenvalue weighted by Crippen LogP contribution is 2.43. The Labute approximate surface area is 292 Å². The fraction of sp³-hybridized carbons (Fsp3) is 0.167. The number of rotatable bonds is 12. The van der Waals surface area contributed by atoms with Gasteiger partial charge in [-0.15, -0.1) is 5.10 Å². The second-order valence-electron chi connectivity index (χ2n) is 12.1. The molecule has 50 heavy (non-hydrogen) atoms. The summed E-state index contributed by atoms with van der Waals surface area (Å²) in [6.45, 7) is 4.67. The molecule has 2 aromatic heterocycles. The van der Waals surface area contributed by atoms with E-state index < -0.39 is 5.54 Å². The first kappa shape index (κ1) is 32.4. The molecule has 0 amide bonds. The molecule has 7 aromatic rings. The average Bonchev–Trinajstić information content (AvgIpc) is 3.82. The molecule has 7 rings (SSSR count). The number of hydrogen-bond donors (Lipinski definition) is 0. The van der Waals surface area contributed by atoms with E-state index in [0.717, 1.165) is 57.5 Å². The summed E-state index contributed by atoms with van der Waals surface area (Å²) in [7, 11) is 0. The fourth-order valence-electron chi connectivity index (χ4n) is 6.72. The van der Waals surface area contributed by atoms with Crippen molar-refractivity contribution in [3.8, 4) is 22.5 Å². The molecule has 0 unspecified atom stereocenters. The predicted octanol–water partition coefficient (Wildman–Crippen LogP) is 8.22. The van der Waals surface area contributed by atoms with Crippen LogP contribution in [0.5, 0.6) is 0 Å². The summed E-state index contributed by atoms with van der Waals surface area (Å²) in [5.41, 5.74) is 7.53. The predicted molar refractivity (Wildman–Crippen MR) is 195 cm³/mol. The SMILES string of the molecule is CCCc1cc(C(=O)OCC)n(Cc2ccc(-c3ccccc3-c3nnnn3C(c3ccccc3)(c3ccccc3)c3ccccc3)cc2)n1. The number of hydrogen-bond acceptors (Lipinski definition) is 6. The van der Waals surface area contributed by atoms with E-state index in [2.05, 4.69) is 121 Å². The van der Waals surface area contributed by atoms with Gasteiger partial charge in [-0.3, -0.25) is 4.68 Å². The van der Waals surface area contributed by atoms with Crippen LogP contribution in [-0.2, 0) is 23.2 Å². The van der Waals surface area contributed by atoms with Gasteiger partial charge in [0.1, 0.15) is 11.2 Å². The number of carbonyl (C=O) groups is 1. The molecular weight excluding hydrogens is 621 g/mol. The zero-order chi connectivity index (χ0) is 34.3. The molecule has 5 aromatic carbocycles. The van der Waals surface area contributed by atoms with Gasteiger partial charge in [-0.1, -0.05) is 153 Å². The van der Waals surface area contributed by atoms with Crippen LogP contribution in [0.2, 0.25) is 0 Å². The molecule has 2 heterocycles. The number of esters is 1. The van der Waals surface area contributed by atoms with Gasteiger partial charge in [0.15, 0.2) is 5.82 Å². The summed E-state index contributed by atoms with van der Waals surface area (Å²) in [6, 6.07) is 49.6. The van der Waals surface area contributed by atoms with Crippen LogP contribution in [0, 0.1) is 0 Å². The maximum absolute atomic E-state index is 12.7. The van der Waals surface area contributed by atoms with Gasteiger partial charge in [0.2, 0.25) is 0 Å². The van der Waals surface area contributed by atoms with Gasteiger partial charge < -0.3 is 4.74 Å². The largest absolute Gasteiger partial charge is 0.461 e. The summed E-state index contributed by atoms with van der Waals surface area (Å²) < 4.78 is 9.03. The lowest BCUT2D eigenvalue weighted by Crippen LogP contribution is -2.39. The van der Waals surface area contributed by atoms with Gasteiger partial charge in [-0.25, -0.2) is 9.48 Å². The van der Waals surface area contributed by atoms with E-state index in [1.165, 1.54) is 0 Å². The molecule has 0 N–H and O–H groups in total. The minimum Gasteiger partial charge on any atom is -0.461 e. The molecule has 248 valence electrons. The maximum Gasteiger partial charge on any atom is 0.356 e. The molecule has 0 aliphatic carbocycles. The van der Waals surface area contributed by atoms with Crippen molar-refractivity contribution in [1.29, 1.82) is 0 Å². The number of aryl methyl sites for hydroxylation is 1. The highest BCUT2D eigenvalue weighted by molar-refractivity contribution is 5.87. The fourth-order valence-corrected chi connectivity index (χ4v) is 6.72. The standard InChI is InChI=1S/C42H38N6O2/c1-3-16-36-29-39(41(49)50-4-2)47(44-36)30-31-25-27-32(28-26-31)37-23-14-15-24-38(37)40-43-45-46-48(40)42(33-17-8-5-9-18-33,34-19-10-6-11-20-34)35-21-12-7-13-22-35/h5-15,17-29H,3-4,16,30H2,1-2H3. The van der Waals surface area contributed by atoms with Gasteiger partial charge in [-0.05, 0) is 63.2 Å². The molecule has 0 spiro atoms. The number of carbonyl (C=O) groups excluding carboxylic acids is 1. The van der Waals surface area contributed by atoms with Crippen LogP contribution in [0.15, 0.2) is 146 Å². The van der Waals surface area contributed by atoms with Crippen molar-refractivity contribution in [2.75, 3.05) is 6.61 Å². The Balaban J connectivity index is 1.32. The van der Waals surface area contributed by atoms with Crippen LogP contribution in [0.3, 0.4) is 0 Å². The zero-order valence-corrected chi connectivity index (χ0v) is 28.2. The third-order valence-corrected chi connectivity index (χ3v) is 8.95. The lowest BCUT2D eigenvalue weighted by molar-refractivity contribution is 0.0512. The average molecular weight is 659 g/mol. The van der Waals surface area contributed by atoms with Gasteiger partial charge >= 0.3 is 5.97 Å². The molecule has 0 atom stereocenters. The van der Waals surface area contributed by atoms with Crippen molar-refractivity contribution < 1.29 is 9.53 Å². The molecule has 8 heteroatoms. The Morgan fingerprint density at radius 3 is 1.82 bits per heavy atom. The van der Waals surface area contributed by atoms with Crippen LogP contribution in [-0.4, -0.2) is 42.6 Å². The van der Waals surface area contributed by atoms with E-state index in [4.69, 9.17) is 20.1 Å². The van der Waals surface area contributed by atoms with E-state index >= 15 is 0 Å². The van der Waals surface area contributed by atoms with Crippen molar-refractivity contribution in [2.24, 2.45) is 0 Å². The van der Waals surface area contributed by atoms with Crippen molar-refractivity contribution in [1.82, 2.24) is 30.0 Å². The van der Waals surface area contributed by atoms with Crippen LogP contribution >= 0.6 is 0 Å². The third kappa shape index (κ3) is 6.12. The normalized spacial score (nSPS) is 11.4. The molecular formula is C42H38N6O2. The number of ether oxygens (including phenoxy) is 1. The van der Waals surface area contributed by atoms with Crippen molar-refractivity contribution in [3.63, 3.8) is 0 Å². The Bertz CT molecular complexity index is 2080. The summed E-state index contributed by atoms with van der Waals surface area (Å²) in [5, 5.41) is 18.5. The minimum absolute atomic E-state index is 0.313. The number of tetrazole rings is 1. The highest BCUT2D eigenvalue weighted by Gasteiger charge is 2.42. The van der Waals surface area contributed by atoms with Gasteiger partial charge in [-0.2, -0.15) is 5.10 Å². The molecule has 0 bridgehead atoms. The number of aromatic nitrogens is 6. The molecule has 0 saturated heterocycles. The first-order valence-electron chi connectivity index (χ1n) is 17.0. The van der Waals surface area contributed by atoms with E-state index in [1.807, 2.05) is 48.0 Å². The maximum atomic E-state index is 12.7. The highest BCUT2D eigenvalue weighted by atomic mass is 16.5. The summed E-state index contributed by atoms with van der Waals surface area (Å²) in [6.07, 6.45) is 1.74. The second-order valence-corrected chi connectivity index (χ2v) is 12.1. The Hall–Kier alpha value is -6.15. The summed E-state index contributed by atoms with van der Waals surface area (Å²) >= 11 is 0. The van der Waals surface area contributed by atoms with Crippen molar-refractivity contribution >= 4 is 5.97 Å². The smallest absolute Gasteiger partial charge is 0.356 e. The third-order valence-electron chi connectivity index (χ3n) is 8.95. The van der Waals surface area contributed by atoms with Crippen molar-refractivity contribution in [3.05, 3.63) is 179 Å². The van der Waals surface area contributed by atoms with E-state index in [9.17, 15) is 4.79 Å². The summed E-state index contributed by atoms with van der Waals surface area (Å²) in [5.74, 6) is 0.281. The molecule has 0 aliphatic rings. The first-order chi connectivity index (χ1) is 24.6. The van der Waals surface area contributed by atoms with Crippen LogP contribution in [0.25, 0.3) is 22.5 Å². The number of benzene rings is 5. The van der Waals surface area contributed by atoms with E-state index in [0.29, 0.717) is 24.7 Å². The van der Waals surface area contributed by atoms with E-state index in [-0.39, 0.29) is 5.97 Å². The molecule has 0 radical (unpaired) electrons. The lowest BCUT2D eigenvalue weighted by atomic mass is 9.77. The molecule has 0 fully saturated rings. The molecule has 0 aliphatic heterocycles. The lowest BCUT2D eigenvalue weighted by Gasteiger charge is -2.36. The van der Waals surface area contributed by atoms with Crippen molar-refractivity contribution in [2.45, 2.75) is 38.8 Å². The van der Waals surface area contributed by atoms with Gasteiger partial charge in [0.05, 0.1) is 18.8 Å². The Morgan fingerprint density at radius 2 is 1.26 bits per heavy atom. The van der Waals surface area contributed by atoms with Crippen LogP contribution in [0.4, 0.5) is 0 Å². The zero-order valence-electron chi connectivity index (χ0n) is 28.2. The Morgan fingerprint density at radius 1 is 0.700 bits per heavy atom. The van der Waals surface area contributed by atoms with E-state index in [1.54, 1.807) is 4.68 Å². The molecule has 0 saturated carbocycles. The monoisotopic (exact) mass is 658 g/mol. The quantitative estimate of drug-likeness (QED) is 0.0971. The van der Waals surface area contributed by atoms with Gasteiger partial charge in [0, 0.05) is 5.56 Å². The van der Waals surface area contributed by atoms with Gasteiger partial charge in [0.25, 0.3) is 0 Å². The molecule has 8 nitrogen and oxygen atoms in total. The van der Waals surface area contributed by atoms with Crippen LogP contribution < -0.4 is 0 Å². The summed E-state index contributed by atoms with van der Waals surface area (Å²) in [4.78, 5) is 12.7. The Kier molecular flexibility index (Phi) is 9.42.